The van der Waals surface area contributed by atoms with E-state index in [-0.39, 0.29) is 17.0 Å². The summed E-state index contributed by atoms with van der Waals surface area (Å²) in [4.78, 5) is 26.0. The molecule has 0 radical (unpaired) electrons. The second-order valence-corrected chi connectivity index (χ2v) is 7.39. The molecule has 0 spiro atoms. The number of anilines is 1. The number of hydrogen-bond acceptors (Lipinski definition) is 4. The molecule has 1 aromatic heterocycles. The molecule has 4 aromatic rings. The molecule has 3 aromatic carbocycles. The zero-order valence-corrected chi connectivity index (χ0v) is 17.7. The van der Waals surface area contributed by atoms with Gasteiger partial charge in [0, 0.05) is 10.9 Å². The number of amides is 1. The summed E-state index contributed by atoms with van der Waals surface area (Å²) in [5.41, 5.74) is 2.14. The van der Waals surface area contributed by atoms with Crippen LogP contribution in [0.2, 0.25) is 0 Å². The topological polar surface area (TPSA) is 68.5 Å². The minimum Gasteiger partial charge on any atom is -0.481 e. The minimum absolute atomic E-state index is 0.0225. The van der Waals surface area contributed by atoms with E-state index >= 15 is 0 Å². The lowest BCUT2D eigenvalue weighted by molar-refractivity contribution is -0.122. The summed E-state index contributed by atoms with van der Waals surface area (Å²) < 4.78 is 24.8. The fourth-order valence-electron chi connectivity index (χ4n) is 3.35. The van der Waals surface area contributed by atoms with E-state index in [4.69, 9.17) is 9.15 Å². The Balaban J connectivity index is 1.61. The van der Waals surface area contributed by atoms with Crippen molar-refractivity contribution >= 4 is 28.3 Å². The Morgan fingerprint density at radius 1 is 1.00 bits per heavy atom. The Morgan fingerprint density at radius 2 is 1.69 bits per heavy atom. The molecule has 6 heteroatoms. The summed E-state index contributed by atoms with van der Waals surface area (Å²) >= 11 is 0. The number of nitrogens with one attached hydrogen (secondary N) is 1. The van der Waals surface area contributed by atoms with Gasteiger partial charge in [-0.3, -0.25) is 9.59 Å². The molecular formula is C26H22FNO4. The first kappa shape index (κ1) is 21.3. The lowest BCUT2D eigenvalue weighted by atomic mass is 10.1. The van der Waals surface area contributed by atoms with Crippen molar-refractivity contribution in [2.45, 2.75) is 26.4 Å². The van der Waals surface area contributed by atoms with Crippen LogP contribution < -0.4 is 10.1 Å². The third-order valence-corrected chi connectivity index (χ3v) is 5.17. The largest absolute Gasteiger partial charge is 0.481 e. The number of benzene rings is 3. The molecule has 0 aliphatic heterocycles. The first-order valence-electron chi connectivity index (χ1n) is 10.3. The highest BCUT2D eigenvalue weighted by Crippen LogP contribution is 2.33. The number of furan rings is 1. The van der Waals surface area contributed by atoms with Crippen molar-refractivity contribution in [2.75, 3.05) is 5.32 Å². The molecule has 0 aliphatic rings. The number of rotatable bonds is 7. The average molecular weight is 431 g/mol. The molecule has 4 rings (SSSR count). The van der Waals surface area contributed by atoms with Crippen LogP contribution in [0.3, 0.4) is 0 Å². The number of ether oxygens (including phenoxy) is 1. The van der Waals surface area contributed by atoms with Crippen LogP contribution in [0.5, 0.6) is 5.75 Å². The molecular weight excluding hydrogens is 409 g/mol. The van der Waals surface area contributed by atoms with E-state index in [2.05, 4.69) is 12.2 Å². The molecule has 0 fully saturated rings. The highest BCUT2D eigenvalue weighted by molar-refractivity contribution is 6.17. The highest BCUT2D eigenvalue weighted by Gasteiger charge is 2.25. The van der Waals surface area contributed by atoms with Gasteiger partial charge in [0.05, 0.1) is 5.69 Å². The van der Waals surface area contributed by atoms with Gasteiger partial charge >= 0.3 is 0 Å². The Bertz CT molecular complexity index is 1260. The summed E-state index contributed by atoms with van der Waals surface area (Å²) in [6.45, 7) is 3.69. The smallest absolute Gasteiger partial charge is 0.265 e. The number of halogens is 1. The maximum absolute atomic E-state index is 13.3. The second-order valence-electron chi connectivity index (χ2n) is 7.39. The zero-order valence-electron chi connectivity index (χ0n) is 17.7. The standard InChI is InChI=1S/C26H22FNO4/c1-3-17-8-14-20(15-9-17)31-16(2)26(30)28-23-21-6-4-5-7-22(21)32-25(23)24(29)18-10-12-19(27)13-11-18/h4-16H,3H2,1-2H3,(H,28,30). The Labute approximate surface area is 184 Å². The van der Waals surface area contributed by atoms with E-state index in [0.29, 0.717) is 16.7 Å². The van der Waals surface area contributed by atoms with Gasteiger partial charge in [0.25, 0.3) is 5.91 Å². The number of carbonyl (C=O) groups is 2. The molecule has 0 saturated carbocycles. The highest BCUT2D eigenvalue weighted by atomic mass is 19.1. The second kappa shape index (κ2) is 9.06. The summed E-state index contributed by atoms with van der Waals surface area (Å²) in [6.07, 6.45) is 0.0966. The molecule has 0 bridgehead atoms. The molecule has 1 heterocycles. The van der Waals surface area contributed by atoms with Crippen molar-refractivity contribution < 1.29 is 23.1 Å². The van der Waals surface area contributed by atoms with Crippen LogP contribution in [-0.2, 0) is 11.2 Å². The van der Waals surface area contributed by atoms with Crippen molar-refractivity contribution in [3.05, 3.63) is 95.5 Å². The zero-order chi connectivity index (χ0) is 22.7. The number of ketones is 1. The van der Waals surface area contributed by atoms with Crippen molar-refractivity contribution in [1.29, 1.82) is 0 Å². The molecule has 32 heavy (non-hydrogen) atoms. The van der Waals surface area contributed by atoms with Gasteiger partial charge in [-0.2, -0.15) is 0 Å². The quantitative estimate of drug-likeness (QED) is 0.377. The van der Waals surface area contributed by atoms with Crippen LogP contribution in [0.4, 0.5) is 10.1 Å². The SMILES string of the molecule is CCc1ccc(OC(C)C(=O)Nc2c(C(=O)c3ccc(F)cc3)oc3ccccc23)cc1. The van der Waals surface area contributed by atoms with E-state index in [9.17, 15) is 14.0 Å². The Morgan fingerprint density at radius 3 is 2.38 bits per heavy atom. The predicted molar refractivity (Wildman–Crippen MR) is 121 cm³/mol. The van der Waals surface area contributed by atoms with Crippen molar-refractivity contribution in [3.8, 4) is 5.75 Å². The predicted octanol–water partition coefficient (Wildman–Crippen LogP) is 5.77. The first-order valence-corrected chi connectivity index (χ1v) is 10.3. The number of aryl methyl sites for hydroxylation is 1. The molecule has 0 saturated heterocycles. The fourth-order valence-corrected chi connectivity index (χ4v) is 3.35. The third kappa shape index (κ3) is 4.39. The van der Waals surface area contributed by atoms with Gasteiger partial charge in [-0.05, 0) is 67.4 Å². The van der Waals surface area contributed by atoms with Gasteiger partial charge in [0.1, 0.15) is 17.1 Å². The third-order valence-electron chi connectivity index (χ3n) is 5.17. The maximum atomic E-state index is 13.3. The lowest BCUT2D eigenvalue weighted by Gasteiger charge is -2.15. The number of hydrogen-bond donors (Lipinski definition) is 1. The van der Waals surface area contributed by atoms with E-state index in [1.54, 1.807) is 31.2 Å². The van der Waals surface area contributed by atoms with Crippen LogP contribution in [-0.4, -0.2) is 17.8 Å². The molecule has 1 amide bonds. The van der Waals surface area contributed by atoms with Gasteiger partial charge in [0.15, 0.2) is 11.9 Å². The van der Waals surface area contributed by atoms with Gasteiger partial charge in [-0.25, -0.2) is 4.39 Å². The van der Waals surface area contributed by atoms with E-state index in [1.165, 1.54) is 29.8 Å². The van der Waals surface area contributed by atoms with Crippen LogP contribution >= 0.6 is 0 Å². The van der Waals surface area contributed by atoms with Crippen molar-refractivity contribution in [1.82, 2.24) is 0 Å². The monoisotopic (exact) mass is 431 g/mol. The van der Waals surface area contributed by atoms with E-state index < -0.39 is 23.6 Å². The first-order chi connectivity index (χ1) is 15.5. The van der Waals surface area contributed by atoms with Gasteiger partial charge in [-0.1, -0.05) is 31.2 Å². The summed E-state index contributed by atoms with van der Waals surface area (Å²) in [5.74, 6) is -0.780. The molecule has 1 atom stereocenters. The van der Waals surface area contributed by atoms with Crippen LogP contribution in [0.25, 0.3) is 11.0 Å². The minimum atomic E-state index is -0.815. The van der Waals surface area contributed by atoms with E-state index in [1.807, 2.05) is 24.3 Å². The molecule has 5 nitrogen and oxygen atoms in total. The average Bonchev–Trinajstić information content (AvgIpc) is 3.18. The van der Waals surface area contributed by atoms with Crippen LogP contribution in [0.1, 0.15) is 35.5 Å². The summed E-state index contributed by atoms with van der Waals surface area (Å²) in [7, 11) is 0. The van der Waals surface area contributed by atoms with Crippen LogP contribution in [0, 0.1) is 5.82 Å². The van der Waals surface area contributed by atoms with E-state index in [0.717, 1.165) is 6.42 Å². The van der Waals surface area contributed by atoms with Gasteiger partial charge in [-0.15, -0.1) is 0 Å². The lowest BCUT2D eigenvalue weighted by Crippen LogP contribution is -2.30. The van der Waals surface area contributed by atoms with Crippen molar-refractivity contribution in [2.24, 2.45) is 0 Å². The van der Waals surface area contributed by atoms with Gasteiger partial charge < -0.3 is 14.5 Å². The summed E-state index contributed by atoms with van der Waals surface area (Å²) in [6, 6.07) is 19.7. The fraction of sp³-hybridized carbons (Fsp3) is 0.154. The Hall–Kier alpha value is -3.93. The van der Waals surface area contributed by atoms with Crippen molar-refractivity contribution in [3.63, 3.8) is 0 Å². The number of carbonyl (C=O) groups excluding carboxylic acids is 2. The maximum Gasteiger partial charge on any atom is 0.265 e. The molecule has 162 valence electrons. The summed E-state index contributed by atoms with van der Waals surface area (Å²) in [5, 5.41) is 3.37. The van der Waals surface area contributed by atoms with Gasteiger partial charge in [0.2, 0.25) is 5.78 Å². The number of fused-ring (bicyclic) bond motifs is 1. The normalized spacial score (nSPS) is 11.8. The number of para-hydroxylation sites is 1. The molecule has 0 aliphatic carbocycles. The molecule has 1 unspecified atom stereocenters. The molecule has 1 N–H and O–H groups in total. The van der Waals surface area contributed by atoms with Crippen LogP contribution in [0.15, 0.2) is 77.2 Å². The Kier molecular flexibility index (Phi) is 6.03.